The van der Waals surface area contributed by atoms with Gasteiger partial charge in [0.2, 0.25) is 0 Å². The maximum absolute atomic E-state index is 12.4. The average Bonchev–Trinajstić information content (AvgIpc) is 2.91. The van der Waals surface area contributed by atoms with Crippen LogP contribution >= 0.6 is 0 Å². The van der Waals surface area contributed by atoms with Gasteiger partial charge in [-0.25, -0.2) is 0 Å². The molecule has 0 bridgehead atoms. The summed E-state index contributed by atoms with van der Waals surface area (Å²) in [7, 11) is 0. The van der Waals surface area contributed by atoms with Crippen molar-refractivity contribution in [3.05, 3.63) is 41.7 Å². The highest BCUT2D eigenvalue weighted by molar-refractivity contribution is 5.93. The van der Waals surface area contributed by atoms with E-state index in [2.05, 4.69) is 15.5 Å². The molecular weight excluding hydrogens is 264 g/mol. The predicted octanol–water partition coefficient (Wildman–Crippen LogP) is 2.64. The van der Waals surface area contributed by atoms with E-state index in [-0.39, 0.29) is 11.9 Å². The van der Waals surface area contributed by atoms with Crippen LogP contribution in [0.2, 0.25) is 0 Å². The monoisotopic (exact) mass is 284 g/mol. The van der Waals surface area contributed by atoms with Crippen LogP contribution in [0.5, 0.6) is 0 Å². The molecule has 1 N–H and O–H groups in total. The lowest BCUT2D eigenvalue weighted by atomic mass is 9.95. The van der Waals surface area contributed by atoms with Crippen molar-refractivity contribution in [3.63, 3.8) is 0 Å². The van der Waals surface area contributed by atoms with Gasteiger partial charge in [0.25, 0.3) is 5.91 Å². The minimum atomic E-state index is -0.110. The summed E-state index contributed by atoms with van der Waals surface area (Å²) in [5, 5.41) is 11.8. The fraction of sp³-hybridized carbons (Fsp3) is 0.438. The highest BCUT2D eigenvalue weighted by Crippen LogP contribution is 2.18. The summed E-state index contributed by atoms with van der Waals surface area (Å²) in [6.45, 7) is 1.82. The minimum Gasteiger partial charge on any atom is -0.348 e. The number of rotatable bonds is 3. The lowest BCUT2D eigenvalue weighted by Crippen LogP contribution is -2.36. The van der Waals surface area contributed by atoms with Gasteiger partial charge in [0.05, 0.1) is 11.4 Å². The molecular formula is C16H20N4O. The zero-order valence-corrected chi connectivity index (χ0v) is 12.2. The molecule has 1 aromatic heterocycles. The van der Waals surface area contributed by atoms with Gasteiger partial charge >= 0.3 is 0 Å². The number of nitrogens with zero attached hydrogens (tertiary/aromatic N) is 3. The molecule has 0 radical (unpaired) electrons. The van der Waals surface area contributed by atoms with E-state index in [9.17, 15) is 4.79 Å². The molecule has 1 saturated carbocycles. The maximum atomic E-state index is 12.4. The molecule has 0 atom stereocenters. The van der Waals surface area contributed by atoms with E-state index in [0.29, 0.717) is 11.4 Å². The van der Waals surface area contributed by atoms with Crippen molar-refractivity contribution in [2.45, 2.75) is 45.1 Å². The normalized spacial score (nSPS) is 15.9. The SMILES string of the molecule is Cc1nn(-c2ccccc2)nc1C(=O)NC1CCCCC1. The van der Waals surface area contributed by atoms with Crippen molar-refractivity contribution >= 4 is 5.91 Å². The first kappa shape index (κ1) is 13.8. The highest BCUT2D eigenvalue weighted by atomic mass is 16.2. The molecule has 0 unspecified atom stereocenters. The Balaban J connectivity index is 1.76. The molecule has 0 aliphatic heterocycles. The van der Waals surface area contributed by atoms with E-state index in [1.165, 1.54) is 24.1 Å². The molecule has 5 nitrogen and oxygen atoms in total. The lowest BCUT2D eigenvalue weighted by molar-refractivity contribution is 0.0921. The van der Waals surface area contributed by atoms with Crippen LogP contribution in [0.1, 0.15) is 48.3 Å². The van der Waals surface area contributed by atoms with Crippen LogP contribution in [0.15, 0.2) is 30.3 Å². The van der Waals surface area contributed by atoms with Crippen LogP contribution in [-0.4, -0.2) is 26.9 Å². The third kappa shape index (κ3) is 3.12. The standard InChI is InChI=1S/C16H20N4O/c1-12-15(16(21)17-13-8-4-2-5-9-13)19-20(18-12)14-10-6-3-7-11-14/h3,6-7,10-11,13H,2,4-5,8-9H2,1H3,(H,17,21). The molecule has 1 aromatic carbocycles. The molecule has 2 aromatic rings. The molecule has 1 amide bonds. The van der Waals surface area contributed by atoms with Gasteiger partial charge in [0.1, 0.15) is 0 Å². The number of nitrogens with one attached hydrogen (secondary N) is 1. The van der Waals surface area contributed by atoms with Crippen LogP contribution in [0.25, 0.3) is 5.69 Å². The van der Waals surface area contributed by atoms with Crippen LogP contribution in [-0.2, 0) is 0 Å². The molecule has 0 saturated heterocycles. The minimum absolute atomic E-state index is 0.110. The Hall–Kier alpha value is -2.17. The molecule has 1 heterocycles. The molecule has 5 heteroatoms. The zero-order valence-electron chi connectivity index (χ0n) is 12.2. The Kier molecular flexibility index (Phi) is 3.99. The third-order valence-electron chi connectivity index (χ3n) is 3.92. The Morgan fingerprint density at radius 1 is 1.14 bits per heavy atom. The average molecular weight is 284 g/mol. The van der Waals surface area contributed by atoms with Crippen molar-refractivity contribution in [3.8, 4) is 5.69 Å². The van der Waals surface area contributed by atoms with Gasteiger partial charge in [-0.15, -0.1) is 5.10 Å². The number of aromatic nitrogens is 3. The van der Waals surface area contributed by atoms with Crippen molar-refractivity contribution in [2.75, 3.05) is 0 Å². The second-order valence-corrected chi connectivity index (χ2v) is 5.57. The van der Waals surface area contributed by atoms with E-state index in [0.717, 1.165) is 18.5 Å². The first-order chi connectivity index (χ1) is 10.2. The second-order valence-electron chi connectivity index (χ2n) is 5.57. The number of hydrogen-bond acceptors (Lipinski definition) is 3. The maximum Gasteiger partial charge on any atom is 0.273 e. The molecule has 3 rings (SSSR count). The summed E-state index contributed by atoms with van der Waals surface area (Å²) < 4.78 is 0. The number of hydrogen-bond donors (Lipinski definition) is 1. The van der Waals surface area contributed by atoms with E-state index < -0.39 is 0 Å². The Morgan fingerprint density at radius 3 is 2.57 bits per heavy atom. The quantitative estimate of drug-likeness (QED) is 0.942. The first-order valence-corrected chi connectivity index (χ1v) is 7.54. The molecule has 110 valence electrons. The molecule has 1 aliphatic carbocycles. The molecule has 21 heavy (non-hydrogen) atoms. The van der Waals surface area contributed by atoms with Gasteiger partial charge in [-0.2, -0.15) is 9.90 Å². The van der Waals surface area contributed by atoms with Gasteiger partial charge in [0.15, 0.2) is 5.69 Å². The summed E-state index contributed by atoms with van der Waals surface area (Å²) in [4.78, 5) is 13.9. The van der Waals surface area contributed by atoms with Gasteiger partial charge in [-0.1, -0.05) is 37.5 Å². The highest BCUT2D eigenvalue weighted by Gasteiger charge is 2.21. The summed E-state index contributed by atoms with van der Waals surface area (Å²) in [5.74, 6) is -0.110. The van der Waals surface area contributed by atoms with Gasteiger partial charge in [0, 0.05) is 6.04 Å². The largest absolute Gasteiger partial charge is 0.348 e. The number of para-hydroxylation sites is 1. The van der Waals surface area contributed by atoms with Crippen LogP contribution in [0.3, 0.4) is 0 Å². The number of amides is 1. The van der Waals surface area contributed by atoms with E-state index in [1.54, 1.807) is 0 Å². The number of aryl methyl sites for hydroxylation is 1. The Morgan fingerprint density at radius 2 is 1.86 bits per heavy atom. The Bertz CT molecular complexity index is 614. The second kappa shape index (κ2) is 6.08. The molecule has 0 spiro atoms. The lowest BCUT2D eigenvalue weighted by Gasteiger charge is -2.22. The predicted molar refractivity (Wildman–Crippen MR) is 80.4 cm³/mol. The van der Waals surface area contributed by atoms with E-state index >= 15 is 0 Å². The summed E-state index contributed by atoms with van der Waals surface area (Å²) in [5.41, 5.74) is 1.94. The fourth-order valence-electron chi connectivity index (χ4n) is 2.77. The third-order valence-corrected chi connectivity index (χ3v) is 3.92. The van der Waals surface area contributed by atoms with Crippen LogP contribution in [0, 0.1) is 6.92 Å². The molecule has 1 fully saturated rings. The van der Waals surface area contributed by atoms with Gasteiger partial charge < -0.3 is 5.32 Å². The van der Waals surface area contributed by atoms with Crippen molar-refractivity contribution in [1.29, 1.82) is 0 Å². The smallest absolute Gasteiger partial charge is 0.273 e. The van der Waals surface area contributed by atoms with Crippen molar-refractivity contribution in [1.82, 2.24) is 20.3 Å². The van der Waals surface area contributed by atoms with Crippen molar-refractivity contribution < 1.29 is 4.79 Å². The molecule has 1 aliphatic rings. The van der Waals surface area contributed by atoms with E-state index in [4.69, 9.17) is 0 Å². The fourth-order valence-corrected chi connectivity index (χ4v) is 2.77. The summed E-state index contributed by atoms with van der Waals surface area (Å²) in [6, 6.07) is 9.92. The number of carbonyl (C=O) groups is 1. The zero-order chi connectivity index (χ0) is 14.7. The summed E-state index contributed by atoms with van der Waals surface area (Å²) >= 11 is 0. The van der Waals surface area contributed by atoms with Gasteiger partial charge in [-0.05, 0) is 31.9 Å². The van der Waals surface area contributed by atoms with Crippen LogP contribution < -0.4 is 5.32 Å². The summed E-state index contributed by atoms with van der Waals surface area (Å²) in [6.07, 6.45) is 5.80. The first-order valence-electron chi connectivity index (χ1n) is 7.54. The van der Waals surface area contributed by atoms with E-state index in [1.807, 2.05) is 37.3 Å². The Labute approximate surface area is 124 Å². The topological polar surface area (TPSA) is 59.8 Å². The van der Waals surface area contributed by atoms with Crippen LogP contribution in [0.4, 0.5) is 0 Å². The number of benzene rings is 1. The number of carbonyl (C=O) groups excluding carboxylic acids is 1. The van der Waals surface area contributed by atoms with Crippen molar-refractivity contribution in [2.24, 2.45) is 0 Å². The van der Waals surface area contributed by atoms with Gasteiger partial charge in [-0.3, -0.25) is 4.79 Å².